The second-order valence-corrected chi connectivity index (χ2v) is 10.9. The van der Waals surface area contributed by atoms with Gasteiger partial charge in [-0.05, 0) is 77.3 Å². The van der Waals surface area contributed by atoms with Crippen molar-refractivity contribution >= 4 is 37.7 Å². The Morgan fingerprint density at radius 2 is 1.48 bits per heavy atom. The highest BCUT2D eigenvalue weighted by Crippen LogP contribution is 2.38. The first kappa shape index (κ1) is 30.4. The molecule has 0 unspecified atom stereocenters. The summed E-state index contributed by atoms with van der Waals surface area (Å²) in [5.74, 6) is -1.90. The molecule has 0 saturated heterocycles. The molecule has 4 aromatic carbocycles. The predicted molar refractivity (Wildman–Crippen MR) is 153 cm³/mol. The monoisotopic (exact) mass is 600 g/mol. The zero-order valence-electron chi connectivity index (χ0n) is 22.6. The third kappa shape index (κ3) is 6.04. The number of aliphatic carboxylic acids is 1. The van der Waals surface area contributed by atoms with Crippen molar-refractivity contribution in [2.24, 2.45) is 5.73 Å². The lowest BCUT2D eigenvalue weighted by Crippen LogP contribution is -2.21. The Labute approximate surface area is 239 Å². The molecule has 1 heterocycles. The second kappa shape index (κ2) is 12.1. The molecule has 0 saturated carbocycles. The van der Waals surface area contributed by atoms with Gasteiger partial charge in [0.05, 0.1) is 24.6 Å². The smallest absolute Gasteiger partial charge is 0.490 e. The van der Waals surface area contributed by atoms with Crippen LogP contribution in [0.25, 0.3) is 32.8 Å². The van der Waals surface area contributed by atoms with Crippen molar-refractivity contribution < 1.29 is 41.0 Å². The number of carbonyl (C=O) groups is 1. The maximum atomic E-state index is 13.8. The summed E-state index contributed by atoms with van der Waals surface area (Å²) in [5, 5.41) is 10.2. The molecule has 5 rings (SSSR count). The summed E-state index contributed by atoms with van der Waals surface area (Å²) in [7, 11) is -0.917. The van der Waals surface area contributed by atoms with Crippen LogP contribution in [0.15, 0.2) is 89.8 Å². The van der Waals surface area contributed by atoms with Gasteiger partial charge in [0.15, 0.2) is 0 Å². The third-order valence-corrected chi connectivity index (χ3v) is 8.20. The number of nitrogens with zero attached hydrogens (tertiary/aromatic N) is 1. The van der Waals surface area contributed by atoms with E-state index in [4.69, 9.17) is 25.1 Å². The number of fused-ring (bicyclic) bond motifs is 2. The Balaban J connectivity index is 0.000000517. The molecule has 0 aliphatic carbocycles. The normalized spacial score (nSPS) is 11.7. The molecule has 0 fully saturated rings. The molecule has 8 nitrogen and oxygen atoms in total. The van der Waals surface area contributed by atoms with Gasteiger partial charge in [0.25, 0.3) is 10.0 Å². The molecule has 1 aromatic heterocycles. The van der Waals surface area contributed by atoms with Crippen LogP contribution < -0.4 is 15.2 Å². The molecule has 0 radical (unpaired) electrons. The standard InChI is InChI=1S/C28H26N2O4S.C2HF3O2/c1-33-23-10-12-24(13-11-23)35(31,32)30-27-14-9-22(18-26(27)25(15-16-29)28(30)34-2)21-8-7-19-5-3-4-6-20(19)17-21;3-2(4,5)1(6)7/h3-14,17-18H,15-16,29H2,1-2H3;(H,6,7). The molecule has 0 amide bonds. The first-order valence-electron chi connectivity index (χ1n) is 12.5. The van der Waals surface area contributed by atoms with Gasteiger partial charge in [0, 0.05) is 10.9 Å². The van der Waals surface area contributed by atoms with Gasteiger partial charge in [0.2, 0.25) is 5.88 Å². The summed E-state index contributed by atoms with van der Waals surface area (Å²) in [6.45, 7) is 0.359. The molecule has 0 atom stereocenters. The van der Waals surface area contributed by atoms with E-state index in [1.54, 1.807) is 12.1 Å². The van der Waals surface area contributed by atoms with E-state index in [0.717, 1.165) is 27.5 Å². The predicted octanol–water partition coefficient (Wildman–Crippen LogP) is 5.85. The van der Waals surface area contributed by atoms with Crippen molar-refractivity contribution in [3.05, 3.63) is 90.5 Å². The summed E-state index contributed by atoms with van der Waals surface area (Å²) >= 11 is 0. The highest BCUT2D eigenvalue weighted by Gasteiger charge is 2.38. The molecule has 0 aliphatic rings. The number of rotatable bonds is 7. The van der Waals surface area contributed by atoms with Gasteiger partial charge in [-0.15, -0.1) is 0 Å². The summed E-state index contributed by atoms with van der Waals surface area (Å²) < 4.78 is 71.4. The van der Waals surface area contributed by atoms with Crippen LogP contribution in [0.3, 0.4) is 0 Å². The SMILES string of the molecule is COc1ccc(S(=O)(=O)n2c(OC)c(CCN)c3cc(-c4ccc5ccccc5c4)ccc32)cc1.O=C(O)C(F)(F)F. The van der Waals surface area contributed by atoms with Crippen molar-refractivity contribution in [1.82, 2.24) is 3.97 Å². The van der Waals surface area contributed by atoms with Gasteiger partial charge in [-0.1, -0.05) is 42.5 Å². The molecular weight excluding hydrogens is 573 g/mol. The van der Waals surface area contributed by atoms with E-state index in [1.165, 1.54) is 35.7 Å². The minimum Gasteiger partial charge on any atom is -0.497 e. The Kier molecular flexibility index (Phi) is 8.78. The molecule has 0 spiro atoms. The van der Waals surface area contributed by atoms with Gasteiger partial charge < -0.3 is 20.3 Å². The Morgan fingerprint density at radius 3 is 2.05 bits per heavy atom. The number of alkyl halides is 3. The number of nitrogens with two attached hydrogens (primary N) is 1. The number of hydrogen-bond acceptors (Lipinski definition) is 6. The lowest BCUT2D eigenvalue weighted by Gasteiger charge is -2.12. The Bertz CT molecular complexity index is 1850. The first-order chi connectivity index (χ1) is 19.9. The first-order valence-corrected chi connectivity index (χ1v) is 14.0. The van der Waals surface area contributed by atoms with Gasteiger partial charge in [-0.25, -0.2) is 17.2 Å². The van der Waals surface area contributed by atoms with Crippen molar-refractivity contribution in [2.45, 2.75) is 17.5 Å². The summed E-state index contributed by atoms with van der Waals surface area (Å²) in [4.78, 5) is 9.04. The lowest BCUT2D eigenvalue weighted by molar-refractivity contribution is -0.192. The molecule has 220 valence electrons. The fourth-order valence-corrected chi connectivity index (χ4v) is 6.05. The Morgan fingerprint density at radius 1 is 0.881 bits per heavy atom. The average molecular weight is 601 g/mol. The van der Waals surface area contributed by atoms with E-state index < -0.39 is 22.2 Å². The van der Waals surface area contributed by atoms with Crippen LogP contribution in [0.4, 0.5) is 13.2 Å². The van der Waals surface area contributed by atoms with Crippen LogP contribution in [0.1, 0.15) is 5.56 Å². The zero-order chi connectivity index (χ0) is 30.7. The van der Waals surface area contributed by atoms with Crippen LogP contribution >= 0.6 is 0 Å². The lowest BCUT2D eigenvalue weighted by atomic mass is 9.99. The highest BCUT2D eigenvalue weighted by atomic mass is 32.2. The van der Waals surface area contributed by atoms with Crippen molar-refractivity contribution in [2.75, 3.05) is 20.8 Å². The van der Waals surface area contributed by atoms with Crippen molar-refractivity contribution in [3.8, 4) is 22.8 Å². The minimum atomic E-state index is -5.08. The number of carboxylic acid groups (broad SMARTS) is 1. The summed E-state index contributed by atoms with van der Waals surface area (Å²) in [6.07, 6.45) is -4.61. The van der Waals surface area contributed by atoms with Gasteiger partial charge in [0.1, 0.15) is 5.75 Å². The Hall–Kier alpha value is -4.55. The number of hydrogen-bond donors (Lipinski definition) is 2. The van der Waals surface area contributed by atoms with Crippen molar-refractivity contribution in [1.29, 1.82) is 0 Å². The fourth-order valence-electron chi connectivity index (χ4n) is 4.53. The number of benzene rings is 4. The van der Waals surface area contributed by atoms with Crippen molar-refractivity contribution in [3.63, 3.8) is 0 Å². The van der Waals surface area contributed by atoms with Crippen LogP contribution in [0.5, 0.6) is 11.6 Å². The van der Waals surface area contributed by atoms with E-state index in [9.17, 15) is 21.6 Å². The maximum Gasteiger partial charge on any atom is 0.490 e. The molecule has 12 heteroatoms. The minimum absolute atomic E-state index is 0.145. The number of methoxy groups -OCH3 is 2. The molecular formula is C30H27F3N2O6S. The van der Waals surface area contributed by atoms with Gasteiger partial charge in [-0.3, -0.25) is 0 Å². The molecule has 3 N–H and O–H groups in total. The van der Waals surface area contributed by atoms with E-state index in [1.807, 2.05) is 30.3 Å². The number of halogens is 3. The maximum absolute atomic E-state index is 13.8. The van der Waals surface area contributed by atoms with Crippen LogP contribution in [-0.2, 0) is 21.2 Å². The van der Waals surface area contributed by atoms with E-state index >= 15 is 0 Å². The quantitative estimate of drug-likeness (QED) is 0.240. The molecule has 5 aromatic rings. The van der Waals surface area contributed by atoms with E-state index in [-0.39, 0.29) is 10.8 Å². The van der Waals surface area contributed by atoms with Crippen LogP contribution in [0, 0.1) is 0 Å². The number of carboxylic acids is 1. The summed E-state index contributed by atoms with van der Waals surface area (Å²) in [6, 6.07) is 26.6. The fraction of sp³-hybridized carbons (Fsp3) is 0.167. The van der Waals surface area contributed by atoms with Gasteiger partial charge >= 0.3 is 12.1 Å². The van der Waals surface area contributed by atoms with E-state index in [0.29, 0.717) is 24.2 Å². The van der Waals surface area contributed by atoms with Crippen LogP contribution in [0.2, 0.25) is 0 Å². The number of ether oxygens (including phenoxy) is 2. The van der Waals surface area contributed by atoms with E-state index in [2.05, 4.69) is 30.3 Å². The third-order valence-electron chi connectivity index (χ3n) is 6.49. The van der Waals surface area contributed by atoms with Gasteiger partial charge in [-0.2, -0.15) is 13.2 Å². The zero-order valence-corrected chi connectivity index (χ0v) is 23.4. The average Bonchev–Trinajstić information content (AvgIpc) is 3.30. The summed E-state index contributed by atoms with van der Waals surface area (Å²) in [5.41, 5.74) is 9.27. The molecule has 0 aliphatic heterocycles. The number of aromatic nitrogens is 1. The molecule has 42 heavy (non-hydrogen) atoms. The molecule has 0 bridgehead atoms. The topological polar surface area (TPSA) is 121 Å². The second-order valence-electron chi connectivity index (χ2n) is 9.07. The largest absolute Gasteiger partial charge is 0.497 e. The highest BCUT2D eigenvalue weighted by molar-refractivity contribution is 7.90. The van der Waals surface area contributed by atoms with Crippen LogP contribution in [-0.4, -0.2) is 50.4 Å².